The molecule has 1 aromatic rings. The molecule has 0 aliphatic carbocycles. The van der Waals surface area contributed by atoms with Gasteiger partial charge in [0, 0.05) is 19.3 Å². The van der Waals surface area contributed by atoms with Gasteiger partial charge in [-0.1, -0.05) is 11.6 Å². The molecule has 2 atom stereocenters. The van der Waals surface area contributed by atoms with Crippen molar-refractivity contribution in [3.8, 4) is 0 Å². The number of morpholine rings is 1. The van der Waals surface area contributed by atoms with Gasteiger partial charge in [0.1, 0.15) is 5.82 Å². The molecule has 1 saturated heterocycles. The fraction of sp³-hybridized carbons (Fsp3) is 0.500. The molecule has 1 aliphatic heterocycles. The molecule has 1 fully saturated rings. The number of carbonyl (C=O) groups excluding carboxylic acids is 1. The lowest BCUT2D eigenvalue weighted by molar-refractivity contribution is -0.0586. The first-order valence-electron chi connectivity index (χ1n) is 5.83. The van der Waals surface area contributed by atoms with Crippen molar-refractivity contribution in [3.63, 3.8) is 0 Å². The molecule has 6 heteroatoms. The van der Waals surface area contributed by atoms with E-state index in [1.54, 1.807) is 11.0 Å². The van der Waals surface area contributed by atoms with E-state index in [1.807, 2.05) is 13.8 Å². The zero-order chi connectivity index (χ0) is 13.3. The Hall–Kier alpha value is -1.33. The maximum atomic E-state index is 12.3. The van der Waals surface area contributed by atoms with Gasteiger partial charge in [-0.05, 0) is 19.9 Å². The number of nitrogens with two attached hydrogens (primary N) is 1. The highest BCUT2D eigenvalue weighted by Crippen LogP contribution is 2.19. The number of pyridine rings is 1. The second kappa shape index (κ2) is 5.12. The number of aromatic nitrogens is 1. The number of nitrogens with zero attached hydrogens (tertiary/aromatic N) is 2. The first kappa shape index (κ1) is 13.1. The molecule has 0 aromatic carbocycles. The number of carbonyl (C=O) groups is 1. The van der Waals surface area contributed by atoms with Crippen LogP contribution in [0.4, 0.5) is 5.82 Å². The van der Waals surface area contributed by atoms with Gasteiger partial charge in [0.05, 0.1) is 22.8 Å². The summed E-state index contributed by atoms with van der Waals surface area (Å²) in [5, 5.41) is 0.301. The largest absolute Gasteiger partial charge is 0.382 e. The summed E-state index contributed by atoms with van der Waals surface area (Å²) in [6.07, 6.45) is 1.53. The zero-order valence-corrected chi connectivity index (χ0v) is 11.1. The Morgan fingerprint density at radius 1 is 1.50 bits per heavy atom. The number of amides is 1. The molecule has 1 aliphatic rings. The average molecular weight is 270 g/mol. The van der Waals surface area contributed by atoms with E-state index in [4.69, 9.17) is 22.1 Å². The van der Waals surface area contributed by atoms with Crippen LogP contribution >= 0.6 is 11.6 Å². The lowest BCUT2D eigenvalue weighted by atomic mass is 10.2. The summed E-state index contributed by atoms with van der Waals surface area (Å²) in [6.45, 7) is 5.05. The molecule has 5 nitrogen and oxygen atoms in total. The third-order valence-electron chi connectivity index (χ3n) is 2.82. The van der Waals surface area contributed by atoms with Crippen molar-refractivity contribution in [1.82, 2.24) is 9.88 Å². The topological polar surface area (TPSA) is 68.5 Å². The number of hydrogen-bond acceptors (Lipinski definition) is 4. The highest BCUT2D eigenvalue weighted by molar-refractivity contribution is 6.33. The number of halogens is 1. The smallest absolute Gasteiger partial charge is 0.255 e. The minimum absolute atomic E-state index is 0.0370. The summed E-state index contributed by atoms with van der Waals surface area (Å²) in [6, 6.07) is 1.55. The predicted molar refractivity (Wildman–Crippen MR) is 69.6 cm³/mol. The number of ether oxygens (including phenoxy) is 1. The number of hydrogen-bond donors (Lipinski definition) is 1. The second-order valence-corrected chi connectivity index (χ2v) is 4.97. The predicted octanol–water partition coefficient (Wildman–Crippen LogP) is 1.57. The van der Waals surface area contributed by atoms with Gasteiger partial charge in [0.15, 0.2) is 0 Å². The van der Waals surface area contributed by atoms with Gasteiger partial charge in [0.25, 0.3) is 5.91 Å². The van der Waals surface area contributed by atoms with Crippen LogP contribution in [0.1, 0.15) is 24.2 Å². The molecular formula is C12H16ClN3O2. The molecule has 0 unspecified atom stereocenters. The monoisotopic (exact) mass is 269 g/mol. The van der Waals surface area contributed by atoms with E-state index in [0.717, 1.165) is 0 Å². The van der Waals surface area contributed by atoms with Crippen molar-refractivity contribution in [2.75, 3.05) is 18.8 Å². The fourth-order valence-corrected chi connectivity index (χ4v) is 2.26. The maximum absolute atomic E-state index is 12.3. The van der Waals surface area contributed by atoms with Gasteiger partial charge in [-0.3, -0.25) is 4.79 Å². The average Bonchev–Trinajstić information content (AvgIpc) is 2.30. The van der Waals surface area contributed by atoms with Gasteiger partial charge in [-0.2, -0.15) is 0 Å². The molecule has 0 saturated carbocycles. The number of nitrogen functional groups attached to an aromatic ring is 1. The Labute approximate surface area is 111 Å². The van der Waals surface area contributed by atoms with Gasteiger partial charge < -0.3 is 15.4 Å². The number of rotatable bonds is 1. The van der Waals surface area contributed by atoms with Crippen molar-refractivity contribution in [3.05, 3.63) is 22.8 Å². The highest BCUT2D eigenvalue weighted by Gasteiger charge is 2.26. The lowest BCUT2D eigenvalue weighted by Crippen LogP contribution is -2.48. The summed E-state index contributed by atoms with van der Waals surface area (Å²) < 4.78 is 5.59. The van der Waals surface area contributed by atoms with E-state index in [-0.39, 0.29) is 23.9 Å². The van der Waals surface area contributed by atoms with Crippen LogP contribution in [0.2, 0.25) is 5.02 Å². The van der Waals surface area contributed by atoms with Crippen molar-refractivity contribution >= 4 is 23.3 Å². The first-order chi connectivity index (χ1) is 8.47. The standard InChI is InChI=1S/C12H16ClN3O2/c1-7-5-16(6-8(2)18-7)12(17)9-3-10(13)11(14)15-4-9/h3-4,7-8H,5-6H2,1-2H3,(H2,14,15)/t7-,8+. The van der Waals surface area contributed by atoms with Crippen LogP contribution < -0.4 is 5.73 Å². The van der Waals surface area contributed by atoms with Crippen LogP contribution in [0, 0.1) is 0 Å². The Balaban J connectivity index is 2.17. The van der Waals surface area contributed by atoms with Crippen LogP contribution in [0.3, 0.4) is 0 Å². The first-order valence-corrected chi connectivity index (χ1v) is 6.21. The second-order valence-electron chi connectivity index (χ2n) is 4.56. The Kier molecular flexibility index (Phi) is 3.73. The van der Waals surface area contributed by atoms with E-state index < -0.39 is 0 Å². The minimum atomic E-state index is -0.0913. The SMILES string of the molecule is C[C@@H]1CN(C(=O)c2cnc(N)c(Cl)c2)C[C@H](C)O1. The third kappa shape index (κ3) is 2.73. The maximum Gasteiger partial charge on any atom is 0.255 e. The molecule has 18 heavy (non-hydrogen) atoms. The molecular weight excluding hydrogens is 254 g/mol. The quantitative estimate of drug-likeness (QED) is 0.840. The van der Waals surface area contributed by atoms with Crippen LogP contribution in [0.5, 0.6) is 0 Å². The van der Waals surface area contributed by atoms with Crippen LogP contribution in [0.25, 0.3) is 0 Å². The molecule has 2 heterocycles. The van der Waals surface area contributed by atoms with Crippen molar-refractivity contribution in [2.45, 2.75) is 26.1 Å². The van der Waals surface area contributed by atoms with E-state index in [0.29, 0.717) is 23.7 Å². The van der Waals surface area contributed by atoms with E-state index >= 15 is 0 Å². The molecule has 2 N–H and O–H groups in total. The fourth-order valence-electron chi connectivity index (χ4n) is 2.09. The van der Waals surface area contributed by atoms with Gasteiger partial charge >= 0.3 is 0 Å². The normalized spacial score (nSPS) is 24.1. The lowest BCUT2D eigenvalue weighted by Gasteiger charge is -2.35. The molecule has 0 radical (unpaired) electrons. The summed E-state index contributed by atoms with van der Waals surface area (Å²) in [5.41, 5.74) is 5.98. The summed E-state index contributed by atoms with van der Waals surface area (Å²) >= 11 is 5.87. The van der Waals surface area contributed by atoms with Gasteiger partial charge in [-0.25, -0.2) is 4.98 Å². The van der Waals surface area contributed by atoms with E-state index in [1.165, 1.54) is 6.20 Å². The van der Waals surface area contributed by atoms with Crippen molar-refractivity contribution in [2.24, 2.45) is 0 Å². The molecule has 98 valence electrons. The van der Waals surface area contributed by atoms with Crippen molar-refractivity contribution < 1.29 is 9.53 Å². The van der Waals surface area contributed by atoms with Crippen LogP contribution in [-0.2, 0) is 4.74 Å². The van der Waals surface area contributed by atoms with Crippen LogP contribution in [-0.4, -0.2) is 41.1 Å². The molecule has 1 amide bonds. The summed E-state index contributed by atoms with van der Waals surface area (Å²) in [5.74, 6) is 0.142. The highest BCUT2D eigenvalue weighted by atomic mass is 35.5. The van der Waals surface area contributed by atoms with E-state index in [9.17, 15) is 4.79 Å². The molecule has 0 bridgehead atoms. The number of anilines is 1. The van der Waals surface area contributed by atoms with Gasteiger partial charge in [-0.15, -0.1) is 0 Å². The Morgan fingerprint density at radius 3 is 2.67 bits per heavy atom. The van der Waals surface area contributed by atoms with Gasteiger partial charge in [0.2, 0.25) is 0 Å². The third-order valence-corrected chi connectivity index (χ3v) is 3.13. The Bertz CT molecular complexity index is 457. The zero-order valence-electron chi connectivity index (χ0n) is 10.4. The Morgan fingerprint density at radius 2 is 2.11 bits per heavy atom. The molecule has 0 spiro atoms. The van der Waals surface area contributed by atoms with Crippen LogP contribution in [0.15, 0.2) is 12.3 Å². The molecule has 1 aromatic heterocycles. The van der Waals surface area contributed by atoms with Crippen molar-refractivity contribution in [1.29, 1.82) is 0 Å². The summed E-state index contributed by atoms with van der Waals surface area (Å²) in [4.78, 5) is 17.9. The van der Waals surface area contributed by atoms with E-state index in [2.05, 4.69) is 4.98 Å². The summed E-state index contributed by atoms with van der Waals surface area (Å²) in [7, 11) is 0. The minimum Gasteiger partial charge on any atom is -0.382 e. The molecule has 2 rings (SSSR count).